The maximum absolute atomic E-state index is 3.71. The van der Waals surface area contributed by atoms with E-state index < -0.39 is 0 Å². The number of hydrogen-bond donors (Lipinski definition) is 4. The first-order valence-corrected chi connectivity index (χ1v) is 8.75. The van der Waals surface area contributed by atoms with E-state index in [4.69, 9.17) is 0 Å². The van der Waals surface area contributed by atoms with Crippen molar-refractivity contribution in [1.29, 1.82) is 0 Å². The van der Waals surface area contributed by atoms with Crippen LogP contribution in [-0.2, 0) is 0 Å². The Hall–Kier alpha value is -0.160. The smallest absolute Gasteiger partial charge is 0.00682 e. The van der Waals surface area contributed by atoms with Crippen molar-refractivity contribution in [3.05, 3.63) is 0 Å². The molecule has 4 nitrogen and oxygen atoms in total. The van der Waals surface area contributed by atoms with Gasteiger partial charge in [-0.3, -0.25) is 0 Å². The molecule has 1 aliphatic carbocycles. The molecule has 1 saturated carbocycles. The topological polar surface area (TPSA) is 48.1 Å². The molecule has 0 saturated heterocycles. The standard InChI is InChI=1S/C16H36N4/c1-3-17-11-5-13-19-15-7-9-16(10-8-15)20-14-6-12-18-4-2/h15-20H,3-14H2,1-2H3. The van der Waals surface area contributed by atoms with E-state index in [1.807, 2.05) is 0 Å². The molecule has 120 valence electrons. The molecule has 0 heterocycles. The van der Waals surface area contributed by atoms with Crippen molar-refractivity contribution in [2.75, 3.05) is 39.3 Å². The molecule has 0 atom stereocenters. The summed E-state index contributed by atoms with van der Waals surface area (Å²) in [6, 6.07) is 1.52. The zero-order chi connectivity index (χ0) is 14.5. The van der Waals surface area contributed by atoms with E-state index in [2.05, 4.69) is 35.1 Å². The third-order valence-electron chi connectivity index (χ3n) is 4.15. The summed E-state index contributed by atoms with van der Waals surface area (Å²) in [5.41, 5.74) is 0. The molecule has 1 rings (SSSR count). The van der Waals surface area contributed by atoms with Gasteiger partial charge in [0, 0.05) is 12.1 Å². The van der Waals surface area contributed by atoms with Crippen LogP contribution in [-0.4, -0.2) is 51.4 Å². The average Bonchev–Trinajstić information content (AvgIpc) is 2.48. The Morgan fingerprint density at radius 3 is 1.40 bits per heavy atom. The third-order valence-corrected chi connectivity index (χ3v) is 4.15. The molecule has 0 aromatic heterocycles. The first-order chi connectivity index (χ1) is 9.86. The summed E-state index contributed by atoms with van der Waals surface area (Å²) in [4.78, 5) is 0. The lowest BCUT2D eigenvalue weighted by Crippen LogP contribution is -2.41. The first-order valence-electron chi connectivity index (χ1n) is 8.75. The first kappa shape index (κ1) is 17.9. The van der Waals surface area contributed by atoms with E-state index in [0.717, 1.165) is 38.3 Å². The lowest BCUT2D eigenvalue weighted by Gasteiger charge is -2.30. The molecule has 1 aliphatic rings. The summed E-state index contributed by atoms with van der Waals surface area (Å²) in [5, 5.41) is 14.2. The van der Waals surface area contributed by atoms with Gasteiger partial charge in [-0.25, -0.2) is 0 Å². The normalized spacial score (nSPS) is 23.1. The van der Waals surface area contributed by atoms with Crippen molar-refractivity contribution in [2.45, 2.75) is 64.5 Å². The van der Waals surface area contributed by atoms with Crippen LogP contribution < -0.4 is 21.3 Å². The third kappa shape index (κ3) is 8.90. The molecule has 0 aliphatic heterocycles. The molecular weight excluding hydrogens is 248 g/mol. The Morgan fingerprint density at radius 2 is 1.05 bits per heavy atom. The summed E-state index contributed by atoms with van der Waals surface area (Å²) >= 11 is 0. The number of nitrogens with one attached hydrogen (secondary N) is 4. The Balaban J connectivity index is 1.91. The zero-order valence-electron chi connectivity index (χ0n) is 13.6. The van der Waals surface area contributed by atoms with Crippen molar-refractivity contribution in [3.63, 3.8) is 0 Å². The van der Waals surface area contributed by atoms with Gasteiger partial charge in [0.25, 0.3) is 0 Å². The lowest BCUT2D eigenvalue weighted by atomic mass is 9.91. The van der Waals surface area contributed by atoms with Crippen LogP contribution >= 0.6 is 0 Å². The summed E-state index contributed by atoms with van der Waals surface area (Å²) < 4.78 is 0. The number of rotatable bonds is 12. The molecule has 0 unspecified atom stereocenters. The molecule has 4 N–H and O–H groups in total. The van der Waals surface area contributed by atoms with Gasteiger partial charge < -0.3 is 21.3 Å². The second kappa shape index (κ2) is 12.6. The van der Waals surface area contributed by atoms with Gasteiger partial charge in [-0.2, -0.15) is 0 Å². The van der Waals surface area contributed by atoms with Crippen LogP contribution in [0.2, 0.25) is 0 Å². The maximum atomic E-state index is 3.71. The monoisotopic (exact) mass is 284 g/mol. The largest absolute Gasteiger partial charge is 0.317 e. The van der Waals surface area contributed by atoms with Crippen LogP contribution in [0, 0.1) is 0 Å². The Labute approximate surface area is 125 Å². The van der Waals surface area contributed by atoms with Crippen LogP contribution in [0.5, 0.6) is 0 Å². The fourth-order valence-electron chi connectivity index (χ4n) is 2.89. The average molecular weight is 284 g/mol. The molecule has 1 fully saturated rings. The summed E-state index contributed by atoms with van der Waals surface area (Å²) in [6.45, 7) is 11.1. The highest BCUT2D eigenvalue weighted by Crippen LogP contribution is 2.18. The second-order valence-electron chi connectivity index (χ2n) is 5.87. The molecule has 0 amide bonds. The zero-order valence-corrected chi connectivity index (χ0v) is 13.6. The highest BCUT2D eigenvalue weighted by molar-refractivity contribution is 4.80. The maximum Gasteiger partial charge on any atom is 0.00682 e. The molecular formula is C16H36N4. The van der Waals surface area contributed by atoms with E-state index in [1.54, 1.807) is 0 Å². The van der Waals surface area contributed by atoms with Crippen molar-refractivity contribution in [2.24, 2.45) is 0 Å². The Kier molecular flexibility index (Phi) is 11.2. The lowest BCUT2D eigenvalue weighted by molar-refractivity contribution is 0.306. The van der Waals surface area contributed by atoms with Gasteiger partial charge in [0.2, 0.25) is 0 Å². The molecule has 0 aromatic carbocycles. The van der Waals surface area contributed by atoms with E-state index in [0.29, 0.717) is 0 Å². The summed E-state index contributed by atoms with van der Waals surface area (Å²) in [6.07, 6.45) is 7.85. The second-order valence-corrected chi connectivity index (χ2v) is 5.87. The van der Waals surface area contributed by atoms with Gasteiger partial charge in [0.1, 0.15) is 0 Å². The van der Waals surface area contributed by atoms with Crippen LogP contribution in [0.4, 0.5) is 0 Å². The molecule has 4 heteroatoms. The molecule has 0 radical (unpaired) electrons. The fraction of sp³-hybridized carbons (Fsp3) is 1.00. The van der Waals surface area contributed by atoms with Crippen molar-refractivity contribution in [3.8, 4) is 0 Å². The minimum atomic E-state index is 0.761. The van der Waals surface area contributed by atoms with Crippen LogP contribution in [0.1, 0.15) is 52.4 Å². The van der Waals surface area contributed by atoms with Gasteiger partial charge in [0.05, 0.1) is 0 Å². The SMILES string of the molecule is CCNCCCNC1CCC(NCCCNCC)CC1. The minimum absolute atomic E-state index is 0.761. The van der Waals surface area contributed by atoms with E-state index in [9.17, 15) is 0 Å². The van der Waals surface area contributed by atoms with Crippen molar-refractivity contribution < 1.29 is 0 Å². The summed E-state index contributed by atoms with van der Waals surface area (Å²) in [7, 11) is 0. The van der Waals surface area contributed by atoms with Crippen molar-refractivity contribution >= 4 is 0 Å². The highest BCUT2D eigenvalue weighted by Gasteiger charge is 2.19. The fourth-order valence-corrected chi connectivity index (χ4v) is 2.89. The van der Waals surface area contributed by atoms with E-state index in [-0.39, 0.29) is 0 Å². The molecule has 20 heavy (non-hydrogen) atoms. The minimum Gasteiger partial charge on any atom is -0.317 e. The molecule has 0 spiro atoms. The van der Waals surface area contributed by atoms with Gasteiger partial charge >= 0.3 is 0 Å². The van der Waals surface area contributed by atoms with Gasteiger partial charge in [-0.05, 0) is 77.8 Å². The molecule has 0 bridgehead atoms. The predicted octanol–water partition coefficient (Wildman–Crippen LogP) is 1.48. The quantitative estimate of drug-likeness (QED) is 0.410. The van der Waals surface area contributed by atoms with Gasteiger partial charge in [0.15, 0.2) is 0 Å². The Morgan fingerprint density at radius 1 is 0.650 bits per heavy atom. The summed E-state index contributed by atoms with van der Waals surface area (Å²) in [5.74, 6) is 0. The predicted molar refractivity (Wildman–Crippen MR) is 88.4 cm³/mol. The van der Waals surface area contributed by atoms with Crippen LogP contribution in [0.25, 0.3) is 0 Å². The highest BCUT2D eigenvalue weighted by atomic mass is 15.0. The Bertz CT molecular complexity index is 181. The van der Waals surface area contributed by atoms with Crippen LogP contribution in [0.3, 0.4) is 0 Å². The van der Waals surface area contributed by atoms with Crippen LogP contribution in [0.15, 0.2) is 0 Å². The van der Waals surface area contributed by atoms with Gasteiger partial charge in [-0.15, -0.1) is 0 Å². The molecule has 0 aromatic rings. The van der Waals surface area contributed by atoms with Crippen molar-refractivity contribution in [1.82, 2.24) is 21.3 Å². The number of hydrogen-bond acceptors (Lipinski definition) is 4. The van der Waals surface area contributed by atoms with E-state index >= 15 is 0 Å². The van der Waals surface area contributed by atoms with Gasteiger partial charge in [-0.1, -0.05) is 13.8 Å². The van der Waals surface area contributed by atoms with E-state index in [1.165, 1.54) is 51.6 Å².